The number of nitrogens with one attached hydrogen (secondary N) is 1. The normalized spacial score (nSPS) is 11.4. The number of nitrogens with zero attached hydrogens (tertiary/aromatic N) is 4. The standard InChI is InChI=1S/C35H33N5OS/c1-25-19-21-26(22-20-25)24-40-30-17-9-8-16-29(30)33-34(40)37-35(39-38-33)42-23-11-10-18-31(41)36-32(27-12-4-2-5-13-27)28-14-6-3-7-15-28/h2-9,12-17,19-22,32H,10-11,18,23-24H2,1H3,(H,36,41). The quantitative estimate of drug-likeness (QED) is 0.129. The van der Waals surface area contributed by atoms with E-state index in [-0.39, 0.29) is 11.9 Å². The van der Waals surface area contributed by atoms with E-state index in [2.05, 4.69) is 87.7 Å². The zero-order valence-electron chi connectivity index (χ0n) is 23.6. The van der Waals surface area contributed by atoms with Gasteiger partial charge in [0, 0.05) is 24.1 Å². The van der Waals surface area contributed by atoms with Crippen molar-refractivity contribution in [2.45, 2.75) is 43.9 Å². The second kappa shape index (κ2) is 13.0. The van der Waals surface area contributed by atoms with Crippen LogP contribution in [0.4, 0.5) is 0 Å². The minimum absolute atomic E-state index is 0.0534. The molecule has 0 unspecified atom stereocenters. The van der Waals surface area contributed by atoms with Crippen LogP contribution < -0.4 is 5.32 Å². The maximum Gasteiger partial charge on any atom is 0.220 e. The number of hydrogen-bond acceptors (Lipinski definition) is 5. The van der Waals surface area contributed by atoms with Crippen LogP contribution in [0.2, 0.25) is 0 Å². The highest BCUT2D eigenvalue weighted by molar-refractivity contribution is 7.99. The lowest BCUT2D eigenvalue weighted by Gasteiger charge is -2.20. The summed E-state index contributed by atoms with van der Waals surface area (Å²) in [5, 5.41) is 14.0. The Hall–Kier alpha value is -4.49. The summed E-state index contributed by atoms with van der Waals surface area (Å²) in [4.78, 5) is 17.9. The van der Waals surface area contributed by atoms with Crippen LogP contribution >= 0.6 is 11.8 Å². The summed E-state index contributed by atoms with van der Waals surface area (Å²) >= 11 is 1.59. The molecular formula is C35H33N5OS. The van der Waals surface area contributed by atoms with E-state index in [4.69, 9.17) is 4.98 Å². The lowest BCUT2D eigenvalue weighted by molar-refractivity contribution is -0.121. The smallest absolute Gasteiger partial charge is 0.220 e. The van der Waals surface area contributed by atoms with Gasteiger partial charge in [0.1, 0.15) is 5.52 Å². The number of aromatic nitrogens is 4. The molecule has 42 heavy (non-hydrogen) atoms. The van der Waals surface area contributed by atoms with Gasteiger partial charge in [-0.1, -0.05) is 120 Å². The van der Waals surface area contributed by atoms with E-state index in [9.17, 15) is 4.79 Å². The van der Waals surface area contributed by atoms with Crippen molar-refractivity contribution in [3.05, 3.63) is 131 Å². The molecule has 0 saturated heterocycles. The van der Waals surface area contributed by atoms with Gasteiger partial charge in [-0.2, -0.15) is 0 Å². The molecule has 0 aliphatic carbocycles. The number of unbranched alkanes of at least 4 members (excludes halogenated alkanes) is 1. The number of fused-ring (bicyclic) bond motifs is 3. The van der Waals surface area contributed by atoms with Crippen molar-refractivity contribution < 1.29 is 4.79 Å². The largest absolute Gasteiger partial charge is 0.345 e. The van der Waals surface area contributed by atoms with E-state index in [0.717, 1.165) is 58.3 Å². The number of benzene rings is 4. The monoisotopic (exact) mass is 571 g/mol. The molecule has 0 fully saturated rings. The van der Waals surface area contributed by atoms with Gasteiger partial charge in [0.15, 0.2) is 5.65 Å². The number of hydrogen-bond donors (Lipinski definition) is 1. The number of rotatable bonds is 11. The lowest BCUT2D eigenvalue weighted by atomic mass is 9.98. The van der Waals surface area contributed by atoms with Crippen molar-refractivity contribution >= 4 is 39.7 Å². The van der Waals surface area contributed by atoms with Crippen LogP contribution in [0.15, 0.2) is 114 Å². The Bertz CT molecular complexity index is 1750. The fourth-order valence-corrected chi connectivity index (χ4v) is 6.00. The lowest BCUT2D eigenvalue weighted by Crippen LogP contribution is -2.29. The number of aryl methyl sites for hydroxylation is 1. The van der Waals surface area contributed by atoms with E-state index in [1.54, 1.807) is 11.8 Å². The molecule has 4 aromatic carbocycles. The molecule has 0 bridgehead atoms. The average Bonchev–Trinajstić information content (AvgIpc) is 3.34. The molecule has 0 spiro atoms. The number of thioether (sulfide) groups is 1. The second-order valence-corrected chi connectivity index (χ2v) is 11.5. The highest BCUT2D eigenvalue weighted by Gasteiger charge is 2.17. The molecule has 2 heterocycles. The number of carbonyl (C=O) groups excluding carboxylic acids is 1. The summed E-state index contributed by atoms with van der Waals surface area (Å²) in [6, 6.07) is 36.9. The molecule has 6 rings (SSSR count). The van der Waals surface area contributed by atoms with Gasteiger partial charge >= 0.3 is 0 Å². The van der Waals surface area contributed by atoms with Crippen molar-refractivity contribution in [3.63, 3.8) is 0 Å². The van der Waals surface area contributed by atoms with E-state index in [0.29, 0.717) is 11.6 Å². The summed E-state index contributed by atoms with van der Waals surface area (Å²) in [6.45, 7) is 2.82. The Morgan fingerprint density at radius 3 is 2.19 bits per heavy atom. The van der Waals surface area contributed by atoms with Gasteiger partial charge in [-0.3, -0.25) is 4.79 Å². The SMILES string of the molecule is Cc1ccc(Cn2c3ccccc3c3nnc(SCCCCC(=O)NC(c4ccccc4)c4ccccc4)nc32)cc1. The van der Waals surface area contributed by atoms with Gasteiger partial charge in [-0.15, -0.1) is 10.2 Å². The summed E-state index contributed by atoms with van der Waals surface area (Å²) in [5.41, 5.74) is 7.39. The van der Waals surface area contributed by atoms with Crippen LogP contribution in [0.5, 0.6) is 0 Å². The summed E-state index contributed by atoms with van der Waals surface area (Å²) in [6.07, 6.45) is 2.14. The predicted molar refractivity (Wildman–Crippen MR) is 171 cm³/mol. The Labute approximate surface area is 250 Å². The predicted octanol–water partition coefficient (Wildman–Crippen LogP) is 7.50. The minimum Gasteiger partial charge on any atom is -0.345 e. The summed E-state index contributed by atoms with van der Waals surface area (Å²) in [7, 11) is 0. The third kappa shape index (κ3) is 6.37. The van der Waals surface area contributed by atoms with Crippen LogP contribution in [0.1, 0.15) is 47.6 Å². The first-order valence-corrected chi connectivity index (χ1v) is 15.3. The third-order valence-electron chi connectivity index (χ3n) is 7.42. The number of amides is 1. The Morgan fingerprint density at radius 2 is 1.48 bits per heavy atom. The highest BCUT2D eigenvalue weighted by atomic mass is 32.2. The summed E-state index contributed by atoms with van der Waals surface area (Å²) < 4.78 is 2.23. The molecule has 6 nitrogen and oxygen atoms in total. The van der Waals surface area contributed by atoms with E-state index >= 15 is 0 Å². The van der Waals surface area contributed by atoms with Crippen molar-refractivity contribution in [1.82, 2.24) is 25.1 Å². The second-order valence-electron chi connectivity index (χ2n) is 10.5. The fraction of sp³-hybridized carbons (Fsp3) is 0.200. The first kappa shape index (κ1) is 27.7. The Morgan fingerprint density at radius 1 is 0.810 bits per heavy atom. The van der Waals surface area contributed by atoms with E-state index in [1.165, 1.54) is 11.1 Å². The van der Waals surface area contributed by atoms with Gasteiger partial charge in [0.2, 0.25) is 11.1 Å². The van der Waals surface area contributed by atoms with Gasteiger partial charge in [0.25, 0.3) is 0 Å². The van der Waals surface area contributed by atoms with Gasteiger partial charge < -0.3 is 9.88 Å². The fourth-order valence-electron chi connectivity index (χ4n) is 5.22. The maximum absolute atomic E-state index is 12.9. The Kier molecular flexibility index (Phi) is 8.56. The van der Waals surface area contributed by atoms with Crippen molar-refractivity contribution in [1.29, 1.82) is 0 Å². The van der Waals surface area contributed by atoms with Crippen LogP contribution in [-0.2, 0) is 11.3 Å². The van der Waals surface area contributed by atoms with Gasteiger partial charge in [-0.25, -0.2) is 4.98 Å². The molecule has 0 saturated carbocycles. The minimum atomic E-state index is -0.160. The van der Waals surface area contributed by atoms with Crippen molar-refractivity contribution in [3.8, 4) is 0 Å². The van der Waals surface area contributed by atoms with Gasteiger partial charge in [-0.05, 0) is 42.5 Å². The third-order valence-corrected chi connectivity index (χ3v) is 8.34. The number of para-hydroxylation sites is 1. The summed E-state index contributed by atoms with van der Waals surface area (Å²) in [5.74, 6) is 0.872. The zero-order chi connectivity index (χ0) is 28.7. The zero-order valence-corrected chi connectivity index (χ0v) is 24.4. The van der Waals surface area contributed by atoms with Crippen LogP contribution in [0.25, 0.3) is 22.1 Å². The molecule has 1 amide bonds. The van der Waals surface area contributed by atoms with Crippen molar-refractivity contribution in [2.75, 3.05) is 5.75 Å². The first-order valence-electron chi connectivity index (χ1n) is 14.3. The molecule has 210 valence electrons. The van der Waals surface area contributed by atoms with E-state index < -0.39 is 0 Å². The van der Waals surface area contributed by atoms with Crippen LogP contribution in [0, 0.1) is 6.92 Å². The van der Waals surface area contributed by atoms with Gasteiger partial charge in [0.05, 0.1) is 11.6 Å². The topological polar surface area (TPSA) is 72.7 Å². The number of carbonyl (C=O) groups is 1. The van der Waals surface area contributed by atoms with Crippen LogP contribution in [0.3, 0.4) is 0 Å². The molecule has 0 atom stereocenters. The average molecular weight is 572 g/mol. The molecule has 2 aromatic heterocycles. The van der Waals surface area contributed by atoms with Crippen LogP contribution in [-0.4, -0.2) is 31.4 Å². The molecule has 0 aliphatic heterocycles. The molecule has 0 radical (unpaired) electrons. The molecular weight excluding hydrogens is 538 g/mol. The van der Waals surface area contributed by atoms with Crippen molar-refractivity contribution in [2.24, 2.45) is 0 Å². The first-order chi connectivity index (χ1) is 20.7. The molecule has 6 aromatic rings. The maximum atomic E-state index is 12.9. The highest BCUT2D eigenvalue weighted by Crippen LogP contribution is 2.28. The Balaban J connectivity index is 1.08. The van der Waals surface area contributed by atoms with E-state index in [1.807, 2.05) is 48.5 Å². The molecule has 7 heteroatoms. The molecule has 0 aliphatic rings. The molecule has 1 N–H and O–H groups in total.